The molecule has 0 radical (unpaired) electrons. The third kappa shape index (κ3) is 4.61. The number of thiophene rings is 1. The van der Waals surface area contributed by atoms with Gasteiger partial charge in [-0.05, 0) is 49.4 Å². The zero-order valence-electron chi connectivity index (χ0n) is 15.3. The number of aryl methyl sites for hydroxylation is 2. The van der Waals surface area contributed by atoms with Gasteiger partial charge in [-0.15, -0.1) is 11.3 Å². The molecule has 0 saturated heterocycles. The molecule has 2 heterocycles. The Balaban J connectivity index is 1.63. The molecule has 1 aromatic carbocycles. The summed E-state index contributed by atoms with van der Waals surface area (Å²) in [5.41, 5.74) is 3.45. The van der Waals surface area contributed by atoms with Crippen LogP contribution in [0.4, 0.5) is 5.69 Å². The number of carbonyl (C=O) groups excluding carboxylic acids is 2. The molecule has 140 valence electrons. The highest BCUT2D eigenvalue weighted by Gasteiger charge is 2.23. The lowest BCUT2D eigenvalue weighted by atomic mass is 10.1. The Bertz CT molecular complexity index is 931. The van der Waals surface area contributed by atoms with E-state index in [0.29, 0.717) is 16.3 Å². The van der Waals surface area contributed by atoms with Crippen LogP contribution >= 0.6 is 22.7 Å². The van der Waals surface area contributed by atoms with E-state index in [4.69, 9.17) is 4.74 Å². The summed E-state index contributed by atoms with van der Waals surface area (Å²) in [5.74, 6) is -0.900. The van der Waals surface area contributed by atoms with Crippen LogP contribution in [-0.4, -0.2) is 23.0 Å². The largest absolute Gasteiger partial charge is 0.448 e. The van der Waals surface area contributed by atoms with Crippen molar-refractivity contribution in [3.05, 3.63) is 57.2 Å². The second-order valence-electron chi connectivity index (χ2n) is 6.03. The summed E-state index contributed by atoms with van der Waals surface area (Å²) in [7, 11) is 0. The highest BCUT2D eigenvalue weighted by Crippen LogP contribution is 2.30. The number of benzene rings is 1. The molecular formula is C20H20N2O3S2. The normalized spacial score (nSPS) is 11.8. The van der Waals surface area contributed by atoms with E-state index in [1.807, 2.05) is 41.1 Å². The van der Waals surface area contributed by atoms with Crippen molar-refractivity contribution in [2.24, 2.45) is 0 Å². The van der Waals surface area contributed by atoms with Gasteiger partial charge in [0.2, 0.25) is 0 Å². The topological polar surface area (TPSA) is 68.3 Å². The average molecular weight is 401 g/mol. The molecule has 2 aromatic heterocycles. The number of hydrogen-bond acceptors (Lipinski definition) is 6. The zero-order valence-corrected chi connectivity index (χ0v) is 16.9. The molecule has 0 aliphatic rings. The maximum atomic E-state index is 12.5. The minimum Gasteiger partial charge on any atom is -0.448 e. The van der Waals surface area contributed by atoms with Gasteiger partial charge in [-0.25, -0.2) is 9.78 Å². The number of esters is 1. The Kier molecular flexibility index (Phi) is 6.03. The minimum absolute atomic E-state index is 0.368. The summed E-state index contributed by atoms with van der Waals surface area (Å²) in [6, 6.07) is 9.55. The van der Waals surface area contributed by atoms with Crippen LogP contribution in [0, 0.1) is 6.92 Å². The predicted molar refractivity (Wildman–Crippen MR) is 109 cm³/mol. The first kappa shape index (κ1) is 19.3. The molecule has 0 saturated carbocycles. The number of carbonyl (C=O) groups is 2. The van der Waals surface area contributed by atoms with Gasteiger partial charge >= 0.3 is 5.97 Å². The van der Waals surface area contributed by atoms with Gasteiger partial charge in [-0.2, -0.15) is 11.3 Å². The first-order chi connectivity index (χ1) is 13.0. The van der Waals surface area contributed by atoms with Gasteiger partial charge < -0.3 is 10.1 Å². The van der Waals surface area contributed by atoms with Gasteiger partial charge in [0, 0.05) is 16.6 Å². The Hall–Kier alpha value is -2.51. The Labute approximate surface area is 166 Å². The van der Waals surface area contributed by atoms with Gasteiger partial charge in [-0.3, -0.25) is 4.79 Å². The number of nitrogens with zero attached hydrogens (tertiary/aromatic N) is 1. The van der Waals surface area contributed by atoms with Gasteiger partial charge in [0.15, 0.2) is 6.10 Å². The zero-order chi connectivity index (χ0) is 19.4. The number of hydrogen-bond donors (Lipinski definition) is 1. The quantitative estimate of drug-likeness (QED) is 0.596. The number of rotatable bonds is 6. The molecule has 0 aliphatic carbocycles. The van der Waals surface area contributed by atoms with E-state index in [1.165, 1.54) is 16.9 Å². The number of thiazole rings is 1. The van der Waals surface area contributed by atoms with Crippen LogP contribution in [0.1, 0.15) is 34.8 Å². The maximum Gasteiger partial charge on any atom is 0.351 e. The highest BCUT2D eigenvalue weighted by atomic mass is 32.1. The summed E-state index contributed by atoms with van der Waals surface area (Å²) in [6.45, 7) is 5.40. The number of anilines is 1. The molecule has 0 fully saturated rings. The third-order valence-electron chi connectivity index (χ3n) is 4.03. The van der Waals surface area contributed by atoms with Crippen molar-refractivity contribution in [1.82, 2.24) is 4.98 Å². The minimum atomic E-state index is -0.908. The molecule has 1 atom stereocenters. The summed E-state index contributed by atoms with van der Waals surface area (Å²) in [6.07, 6.45) is 0.0264. The second-order valence-corrected chi connectivity index (χ2v) is 7.81. The molecule has 3 aromatic rings. The first-order valence-corrected chi connectivity index (χ1v) is 10.3. The SMILES string of the molecule is CCc1ccc(NC(=O)C(C)OC(=O)c2sc(-c3ccsc3)nc2C)cc1. The molecule has 3 rings (SSSR count). The maximum absolute atomic E-state index is 12.5. The van der Waals surface area contributed by atoms with Crippen molar-refractivity contribution in [2.75, 3.05) is 5.32 Å². The molecule has 0 bridgehead atoms. The van der Waals surface area contributed by atoms with Crippen LogP contribution < -0.4 is 5.32 Å². The van der Waals surface area contributed by atoms with E-state index in [0.717, 1.165) is 17.0 Å². The van der Waals surface area contributed by atoms with Crippen LogP contribution in [0.25, 0.3) is 10.6 Å². The lowest BCUT2D eigenvalue weighted by Crippen LogP contribution is -2.29. The molecule has 7 heteroatoms. The number of amides is 1. The standard InChI is InChI=1S/C20H20N2O3S2/c1-4-14-5-7-16(8-6-14)22-18(23)13(3)25-20(24)17-12(2)21-19(27-17)15-9-10-26-11-15/h5-11,13H,4H2,1-3H3,(H,22,23). The Morgan fingerprint density at radius 3 is 2.59 bits per heavy atom. The molecule has 1 unspecified atom stereocenters. The summed E-state index contributed by atoms with van der Waals surface area (Å²) >= 11 is 2.85. The van der Waals surface area contributed by atoms with Crippen LogP contribution in [0.15, 0.2) is 41.1 Å². The van der Waals surface area contributed by atoms with E-state index >= 15 is 0 Å². The fourth-order valence-corrected chi connectivity index (χ4v) is 4.09. The summed E-state index contributed by atoms with van der Waals surface area (Å²) in [5, 5.41) is 7.48. The molecule has 0 spiro atoms. The van der Waals surface area contributed by atoms with E-state index in [-0.39, 0.29) is 5.91 Å². The van der Waals surface area contributed by atoms with E-state index in [1.54, 1.807) is 25.2 Å². The molecule has 27 heavy (non-hydrogen) atoms. The Morgan fingerprint density at radius 2 is 1.96 bits per heavy atom. The van der Waals surface area contributed by atoms with Crippen LogP contribution in [0.2, 0.25) is 0 Å². The number of nitrogens with one attached hydrogen (secondary N) is 1. The Morgan fingerprint density at radius 1 is 1.22 bits per heavy atom. The molecule has 5 nitrogen and oxygen atoms in total. The van der Waals surface area contributed by atoms with Crippen molar-refractivity contribution in [2.45, 2.75) is 33.3 Å². The van der Waals surface area contributed by atoms with Crippen molar-refractivity contribution in [3.8, 4) is 10.6 Å². The lowest BCUT2D eigenvalue weighted by Gasteiger charge is -2.13. The molecule has 1 N–H and O–H groups in total. The van der Waals surface area contributed by atoms with E-state index < -0.39 is 12.1 Å². The predicted octanol–water partition coefficient (Wildman–Crippen LogP) is 4.93. The monoisotopic (exact) mass is 400 g/mol. The van der Waals surface area contributed by atoms with Crippen LogP contribution in [0.5, 0.6) is 0 Å². The van der Waals surface area contributed by atoms with E-state index in [2.05, 4.69) is 17.2 Å². The molecule has 1 amide bonds. The van der Waals surface area contributed by atoms with Crippen molar-refractivity contribution in [1.29, 1.82) is 0 Å². The average Bonchev–Trinajstić information content (AvgIpc) is 3.31. The fraction of sp³-hybridized carbons (Fsp3) is 0.250. The highest BCUT2D eigenvalue weighted by molar-refractivity contribution is 7.17. The lowest BCUT2D eigenvalue weighted by molar-refractivity contribution is -0.123. The van der Waals surface area contributed by atoms with Crippen molar-refractivity contribution in [3.63, 3.8) is 0 Å². The van der Waals surface area contributed by atoms with Crippen molar-refractivity contribution < 1.29 is 14.3 Å². The molecular weight excluding hydrogens is 380 g/mol. The summed E-state index contributed by atoms with van der Waals surface area (Å²) in [4.78, 5) is 29.6. The van der Waals surface area contributed by atoms with Gasteiger partial charge in [-0.1, -0.05) is 19.1 Å². The van der Waals surface area contributed by atoms with Gasteiger partial charge in [0.1, 0.15) is 9.88 Å². The first-order valence-electron chi connectivity index (χ1n) is 8.58. The van der Waals surface area contributed by atoms with Crippen molar-refractivity contribution >= 4 is 40.2 Å². The smallest absolute Gasteiger partial charge is 0.351 e. The fourth-order valence-electron chi connectivity index (χ4n) is 2.43. The van der Waals surface area contributed by atoms with Crippen LogP contribution in [0.3, 0.4) is 0 Å². The third-order valence-corrected chi connectivity index (χ3v) is 5.90. The summed E-state index contributed by atoms with van der Waals surface area (Å²) < 4.78 is 5.35. The van der Waals surface area contributed by atoms with E-state index in [9.17, 15) is 9.59 Å². The number of aromatic nitrogens is 1. The second kappa shape index (κ2) is 8.45. The van der Waals surface area contributed by atoms with Gasteiger partial charge in [0.05, 0.1) is 5.69 Å². The van der Waals surface area contributed by atoms with Gasteiger partial charge in [0.25, 0.3) is 5.91 Å². The van der Waals surface area contributed by atoms with Crippen LogP contribution in [-0.2, 0) is 16.0 Å². The molecule has 0 aliphatic heterocycles. The number of ether oxygens (including phenoxy) is 1.